The third kappa shape index (κ3) is 3.65. The summed E-state index contributed by atoms with van der Waals surface area (Å²) in [5.41, 5.74) is 2.40. The summed E-state index contributed by atoms with van der Waals surface area (Å²) in [4.78, 5) is 25.0. The first kappa shape index (κ1) is 16.0. The van der Waals surface area contributed by atoms with Crippen molar-refractivity contribution in [1.82, 2.24) is 4.90 Å². The summed E-state index contributed by atoms with van der Waals surface area (Å²) in [5.74, 6) is -0.375. The fourth-order valence-electron chi connectivity index (χ4n) is 2.63. The van der Waals surface area contributed by atoms with Crippen LogP contribution in [0, 0.1) is 0 Å². The van der Waals surface area contributed by atoms with E-state index in [1.54, 1.807) is 0 Å². The summed E-state index contributed by atoms with van der Waals surface area (Å²) in [6.45, 7) is 2.19. The highest BCUT2D eigenvalue weighted by Gasteiger charge is 2.28. The van der Waals surface area contributed by atoms with Gasteiger partial charge in [0, 0.05) is 12.6 Å². The normalized spacial score (nSPS) is 16.0. The molecule has 0 saturated carbocycles. The molecule has 0 aliphatic carbocycles. The molecule has 1 aliphatic rings. The van der Waals surface area contributed by atoms with Crippen LogP contribution in [0.15, 0.2) is 18.2 Å². The van der Waals surface area contributed by atoms with Gasteiger partial charge in [-0.2, -0.15) is 0 Å². The monoisotopic (exact) mass is 307 g/mol. The van der Waals surface area contributed by atoms with Gasteiger partial charge < -0.3 is 0 Å². The van der Waals surface area contributed by atoms with Crippen LogP contribution in [0.4, 0.5) is 0 Å². The fraction of sp³-hybridized carbons (Fsp3) is 0.529. The molecule has 2 amide bonds. The highest BCUT2D eigenvalue weighted by atomic mass is 35.5. The quantitative estimate of drug-likeness (QED) is 0.451. The van der Waals surface area contributed by atoms with E-state index in [9.17, 15) is 9.59 Å². The number of imide groups is 1. The maximum absolute atomic E-state index is 12.2. The van der Waals surface area contributed by atoms with Crippen molar-refractivity contribution in [2.75, 3.05) is 7.05 Å². The van der Waals surface area contributed by atoms with Gasteiger partial charge in [0.05, 0.1) is 11.8 Å². The molecule has 1 heterocycles. The Morgan fingerprint density at radius 2 is 2.00 bits per heavy atom. The maximum Gasteiger partial charge on any atom is 0.260 e. The van der Waals surface area contributed by atoms with Gasteiger partial charge in [0.15, 0.2) is 0 Å². The predicted molar refractivity (Wildman–Crippen MR) is 84.6 cm³/mol. The predicted octanol–water partition coefficient (Wildman–Crippen LogP) is 4.09. The number of hydrogen-bond acceptors (Lipinski definition) is 2. The number of hydrogen-bond donors (Lipinski definition) is 0. The molecule has 0 saturated heterocycles. The first-order valence-electron chi connectivity index (χ1n) is 7.62. The van der Waals surface area contributed by atoms with Gasteiger partial charge >= 0.3 is 0 Å². The molecule has 3 nitrogen and oxygen atoms in total. The molecule has 0 N–H and O–H groups in total. The van der Waals surface area contributed by atoms with E-state index in [0.717, 1.165) is 24.0 Å². The van der Waals surface area contributed by atoms with Crippen molar-refractivity contribution in [1.29, 1.82) is 0 Å². The lowest BCUT2D eigenvalue weighted by molar-refractivity contribution is -0.127. The second-order valence-electron chi connectivity index (χ2n) is 5.67. The lowest BCUT2D eigenvalue weighted by atomic mass is 9.94. The number of halogens is 1. The van der Waals surface area contributed by atoms with Gasteiger partial charge in [-0.3, -0.25) is 14.5 Å². The average Bonchev–Trinajstić information content (AvgIpc) is 2.49. The Balaban J connectivity index is 2.10. The number of rotatable bonds is 6. The minimum atomic E-state index is -0.224. The number of carbonyl (C=O) groups is 2. The van der Waals surface area contributed by atoms with E-state index in [2.05, 4.69) is 6.92 Å². The highest BCUT2D eigenvalue weighted by molar-refractivity contribution is 6.21. The smallest absolute Gasteiger partial charge is 0.260 e. The van der Waals surface area contributed by atoms with Crippen LogP contribution >= 0.6 is 11.6 Å². The molecular formula is C17H22ClNO2. The number of unbranched alkanes of at least 4 members (excludes halogenated alkanes) is 3. The van der Waals surface area contributed by atoms with Gasteiger partial charge in [0.1, 0.15) is 0 Å². The van der Waals surface area contributed by atoms with Gasteiger partial charge in [-0.25, -0.2) is 0 Å². The topological polar surface area (TPSA) is 37.4 Å². The van der Waals surface area contributed by atoms with Crippen LogP contribution in [-0.4, -0.2) is 23.8 Å². The van der Waals surface area contributed by atoms with E-state index in [1.165, 1.54) is 31.2 Å². The Morgan fingerprint density at radius 1 is 1.24 bits per heavy atom. The van der Waals surface area contributed by atoms with Gasteiger partial charge in [-0.1, -0.05) is 44.7 Å². The Kier molecular flexibility index (Phi) is 5.40. The van der Waals surface area contributed by atoms with E-state index in [1.807, 2.05) is 18.2 Å². The van der Waals surface area contributed by atoms with Crippen molar-refractivity contribution in [3.05, 3.63) is 34.9 Å². The molecule has 2 rings (SSSR count). The number of amides is 2. The van der Waals surface area contributed by atoms with E-state index in [-0.39, 0.29) is 17.2 Å². The third-order valence-electron chi connectivity index (χ3n) is 4.06. The Morgan fingerprint density at radius 3 is 2.71 bits per heavy atom. The molecule has 0 aromatic heterocycles. The molecule has 0 bridgehead atoms. The molecule has 21 heavy (non-hydrogen) atoms. The third-order valence-corrected chi connectivity index (χ3v) is 4.53. The molecular weight excluding hydrogens is 286 g/mol. The van der Waals surface area contributed by atoms with Gasteiger partial charge in [0.25, 0.3) is 5.91 Å². The second kappa shape index (κ2) is 7.08. The first-order chi connectivity index (χ1) is 10.0. The van der Waals surface area contributed by atoms with Crippen LogP contribution < -0.4 is 0 Å². The number of nitrogens with zero attached hydrogens (tertiary/aromatic N) is 1. The molecule has 4 heteroatoms. The molecule has 1 aliphatic heterocycles. The van der Waals surface area contributed by atoms with Crippen molar-refractivity contribution in [3.63, 3.8) is 0 Å². The SMILES string of the molecule is CCCCCCC(Cl)c1ccc2c(c1)C(=O)N(C)C(=O)C2. The Bertz CT molecular complexity index is 542. The number of likely N-dealkylation sites (N-methyl/N-ethyl adjacent to an activating group) is 1. The summed E-state index contributed by atoms with van der Waals surface area (Å²) in [7, 11) is 1.53. The van der Waals surface area contributed by atoms with Gasteiger partial charge in [-0.05, 0) is 23.6 Å². The number of alkyl halides is 1. The summed E-state index contributed by atoms with van der Waals surface area (Å²) in [5, 5.41) is -0.0668. The average molecular weight is 308 g/mol. The zero-order valence-electron chi connectivity index (χ0n) is 12.7. The van der Waals surface area contributed by atoms with Gasteiger partial charge in [0.2, 0.25) is 5.91 Å². The fourth-order valence-corrected chi connectivity index (χ4v) is 2.92. The van der Waals surface area contributed by atoms with Crippen molar-refractivity contribution < 1.29 is 9.59 Å². The Labute approximate surface area is 131 Å². The molecule has 1 aromatic carbocycles. The molecule has 0 fully saturated rings. The van der Waals surface area contributed by atoms with Crippen LogP contribution in [0.3, 0.4) is 0 Å². The highest BCUT2D eigenvalue weighted by Crippen LogP contribution is 2.30. The van der Waals surface area contributed by atoms with E-state index in [4.69, 9.17) is 11.6 Å². The van der Waals surface area contributed by atoms with Crippen LogP contribution in [-0.2, 0) is 11.2 Å². The van der Waals surface area contributed by atoms with Crippen LogP contribution in [0.5, 0.6) is 0 Å². The van der Waals surface area contributed by atoms with Gasteiger partial charge in [-0.15, -0.1) is 11.6 Å². The summed E-state index contributed by atoms with van der Waals surface area (Å²) in [6, 6.07) is 5.68. The largest absolute Gasteiger partial charge is 0.281 e. The van der Waals surface area contributed by atoms with Crippen molar-refractivity contribution in [2.45, 2.75) is 50.8 Å². The first-order valence-corrected chi connectivity index (χ1v) is 8.06. The van der Waals surface area contributed by atoms with Crippen LogP contribution in [0.2, 0.25) is 0 Å². The standard InChI is InChI=1S/C17H22ClNO2/c1-3-4-5-6-7-15(18)13-9-8-12-11-16(20)19(2)17(21)14(12)10-13/h8-10,15H,3-7,11H2,1-2H3. The minimum absolute atomic E-state index is 0.0668. The zero-order chi connectivity index (χ0) is 15.4. The molecule has 0 radical (unpaired) electrons. The number of benzene rings is 1. The zero-order valence-corrected chi connectivity index (χ0v) is 13.4. The van der Waals surface area contributed by atoms with Crippen molar-refractivity contribution in [2.24, 2.45) is 0 Å². The number of fused-ring (bicyclic) bond motifs is 1. The molecule has 1 atom stereocenters. The molecule has 0 spiro atoms. The summed E-state index contributed by atoms with van der Waals surface area (Å²) >= 11 is 6.45. The van der Waals surface area contributed by atoms with E-state index < -0.39 is 0 Å². The van der Waals surface area contributed by atoms with Crippen LogP contribution in [0.25, 0.3) is 0 Å². The van der Waals surface area contributed by atoms with E-state index >= 15 is 0 Å². The summed E-state index contributed by atoms with van der Waals surface area (Å²) < 4.78 is 0. The van der Waals surface area contributed by atoms with Crippen molar-refractivity contribution in [3.8, 4) is 0 Å². The lowest BCUT2D eigenvalue weighted by Gasteiger charge is -2.24. The minimum Gasteiger partial charge on any atom is -0.281 e. The molecule has 1 aromatic rings. The molecule has 1 unspecified atom stereocenters. The van der Waals surface area contributed by atoms with Crippen LogP contribution in [0.1, 0.15) is 65.9 Å². The summed E-state index contributed by atoms with van der Waals surface area (Å²) in [6.07, 6.45) is 5.96. The number of carbonyl (C=O) groups excluding carboxylic acids is 2. The lowest BCUT2D eigenvalue weighted by Crippen LogP contribution is -2.39. The van der Waals surface area contributed by atoms with Crippen molar-refractivity contribution >= 4 is 23.4 Å². The van der Waals surface area contributed by atoms with E-state index in [0.29, 0.717) is 12.0 Å². The molecule has 114 valence electrons. The second-order valence-corrected chi connectivity index (χ2v) is 6.19. The Hall–Kier alpha value is -1.35. The maximum atomic E-state index is 12.2.